The average molecular weight is 483 g/mol. The van der Waals surface area contributed by atoms with Crippen LogP contribution in [0.2, 0.25) is 0 Å². The van der Waals surface area contributed by atoms with Crippen LogP contribution in [0.15, 0.2) is 76.6 Å². The molecule has 0 bridgehead atoms. The molecular formula is C24H23BrN2O2S. The number of thiophene rings is 1. The van der Waals surface area contributed by atoms with E-state index in [0.29, 0.717) is 18.7 Å². The van der Waals surface area contributed by atoms with Crippen LogP contribution in [0.5, 0.6) is 0 Å². The molecular weight excluding hydrogens is 460 g/mol. The maximum atomic E-state index is 13.3. The lowest BCUT2D eigenvalue weighted by molar-refractivity contribution is -0.133. The summed E-state index contributed by atoms with van der Waals surface area (Å²) in [6, 6.07) is 21.5. The smallest absolute Gasteiger partial charge is 0.254 e. The Labute approximate surface area is 189 Å². The largest absolute Gasteiger partial charge is 0.332 e. The Hall–Kier alpha value is -2.44. The molecule has 0 aliphatic heterocycles. The van der Waals surface area contributed by atoms with Gasteiger partial charge in [0.2, 0.25) is 5.91 Å². The number of hydrogen-bond acceptors (Lipinski definition) is 3. The second-order valence-electron chi connectivity index (χ2n) is 7.49. The molecule has 4 rings (SSSR count). The third-order valence-corrected chi connectivity index (χ3v) is 6.53. The minimum Gasteiger partial charge on any atom is -0.332 e. The molecule has 1 aliphatic rings. The van der Waals surface area contributed by atoms with E-state index in [9.17, 15) is 9.59 Å². The van der Waals surface area contributed by atoms with Gasteiger partial charge in [-0.3, -0.25) is 9.59 Å². The van der Waals surface area contributed by atoms with Crippen LogP contribution in [0.3, 0.4) is 0 Å². The van der Waals surface area contributed by atoms with Gasteiger partial charge in [0.25, 0.3) is 5.91 Å². The number of benzene rings is 2. The van der Waals surface area contributed by atoms with Crippen molar-refractivity contribution in [2.24, 2.45) is 0 Å². The van der Waals surface area contributed by atoms with Gasteiger partial charge in [-0.2, -0.15) is 0 Å². The number of carbonyl (C=O) groups excluding carboxylic acids is 2. The van der Waals surface area contributed by atoms with E-state index in [4.69, 9.17) is 0 Å². The topological polar surface area (TPSA) is 40.6 Å². The van der Waals surface area contributed by atoms with Gasteiger partial charge >= 0.3 is 0 Å². The van der Waals surface area contributed by atoms with Gasteiger partial charge in [0.05, 0.1) is 6.54 Å². The molecule has 0 atom stereocenters. The molecule has 154 valence electrons. The van der Waals surface area contributed by atoms with Crippen molar-refractivity contribution in [2.45, 2.75) is 32.0 Å². The van der Waals surface area contributed by atoms with Crippen molar-refractivity contribution in [3.63, 3.8) is 0 Å². The van der Waals surface area contributed by atoms with Crippen LogP contribution in [0, 0.1) is 0 Å². The molecule has 2 aromatic carbocycles. The summed E-state index contributed by atoms with van der Waals surface area (Å²) < 4.78 is 0.929. The van der Waals surface area contributed by atoms with Gasteiger partial charge in [-0.15, -0.1) is 11.3 Å². The molecule has 1 fully saturated rings. The van der Waals surface area contributed by atoms with Crippen LogP contribution >= 0.6 is 27.3 Å². The van der Waals surface area contributed by atoms with E-state index in [1.54, 1.807) is 28.4 Å². The van der Waals surface area contributed by atoms with Crippen molar-refractivity contribution in [1.82, 2.24) is 9.80 Å². The molecule has 2 amide bonds. The summed E-state index contributed by atoms with van der Waals surface area (Å²) in [6.45, 7) is 1.19. The Morgan fingerprint density at radius 1 is 0.933 bits per heavy atom. The highest BCUT2D eigenvalue weighted by molar-refractivity contribution is 9.10. The van der Waals surface area contributed by atoms with E-state index >= 15 is 0 Å². The van der Waals surface area contributed by atoms with Gasteiger partial charge in [-0.05, 0) is 54.1 Å². The first kappa shape index (κ1) is 20.8. The highest BCUT2D eigenvalue weighted by atomic mass is 79.9. The van der Waals surface area contributed by atoms with Crippen molar-refractivity contribution < 1.29 is 9.59 Å². The normalized spacial score (nSPS) is 13.1. The summed E-state index contributed by atoms with van der Waals surface area (Å²) in [5, 5.41) is 2.02. The minimum atomic E-state index is -0.0749. The average Bonchev–Trinajstić information content (AvgIpc) is 3.48. The molecule has 6 heteroatoms. The van der Waals surface area contributed by atoms with E-state index in [1.807, 2.05) is 64.9 Å². The molecule has 4 nitrogen and oxygen atoms in total. The number of halogens is 1. The van der Waals surface area contributed by atoms with Crippen LogP contribution in [-0.2, 0) is 17.9 Å². The lowest BCUT2D eigenvalue weighted by atomic mass is 10.2. The number of rotatable bonds is 8. The zero-order valence-electron chi connectivity index (χ0n) is 16.5. The second-order valence-corrected chi connectivity index (χ2v) is 9.43. The van der Waals surface area contributed by atoms with E-state index in [2.05, 4.69) is 15.9 Å². The molecule has 0 saturated heterocycles. The highest BCUT2D eigenvalue weighted by Crippen LogP contribution is 2.29. The van der Waals surface area contributed by atoms with E-state index in [-0.39, 0.29) is 24.4 Å². The summed E-state index contributed by atoms with van der Waals surface area (Å²) in [4.78, 5) is 31.2. The predicted molar refractivity (Wildman–Crippen MR) is 123 cm³/mol. The molecule has 30 heavy (non-hydrogen) atoms. The summed E-state index contributed by atoms with van der Waals surface area (Å²) in [5.74, 6) is -0.0984. The van der Waals surface area contributed by atoms with Crippen LogP contribution in [0.4, 0.5) is 0 Å². The third-order valence-electron chi connectivity index (χ3n) is 5.14. The van der Waals surface area contributed by atoms with Gasteiger partial charge in [-0.25, -0.2) is 0 Å². The maximum absolute atomic E-state index is 13.3. The van der Waals surface area contributed by atoms with E-state index < -0.39 is 0 Å². The minimum absolute atomic E-state index is 0.0235. The predicted octanol–water partition coefficient (Wildman–Crippen LogP) is 5.34. The summed E-state index contributed by atoms with van der Waals surface area (Å²) in [6.07, 6.45) is 1.91. The van der Waals surface area contributed by atoms with Crippen LogP contribution in [0.1, 0.15) is 33.6 Å². The molecule has 0 spiro atoms. The first-order valence-corrected chi connectivity index (χ1v) is 11.7. The van der Waals surface area contributed by atoms with Gasteiger partial charge in [0, 0.05) is 27.5 Å². The molecule has 0 radical (unpaired) electrons. The Morgan fingerprint density at radius 2 is 1.67 bits per heavy atom. The molecule has 1 heterocycles. The van der Waals surface area contributed by atoms with Gasteiger partial charge in [0.15, 0.2) is 0 Å². The SMILES string of the molecule is O=C(CN(C(=O)c1ccc(Br)cc1)C1CC1)N(Cc1ccccc1)Cc1cccs1. The number of hydrogen-bond donors (Lipinski definition) is 0. The van der Waals surface area contributed by atoms with Crippen molar-refractivity contribution in [1.29, 1.82) is 0 Å². The molecule has 1 aliphatic carbocycles. The zero-order chi connectivity index (χ0) is 20.9. The van der Waals surface area contributed by atoms with Gasteiger partial charge in [0.1, 0.15) is 6.54 Å². The maximum Gasteiger partial charge on any atom is 0.254 e. The summed E-state index contributed by atoms with van der Waals surface area (Å²) in [5.41, 5.74) is 1.70. The first-order chi connectivity index (χ1) is 14.6. The second kappa shape index (κ2) is 9.58. The lowest BCUT2D eigenvalue weighted by Gasteiger charge is -2.28. The molecule has 0 N–H and O–H groups in total. The fourth-order valence-corrected chi connectivity index (χ4v) is 4.37. The fraction of sp³-hybridized carbons (Fsp3) is 0.250. The summed E-state index contributed by atoms with van der Waals surface area (Å²) >= 11 is 5.05. The lowest BCUT2D eigenvalue weighted by Crippen LogP contribution is -2.43. The van der Waals surface area contributed by atoms with Crippen molar-refractivity contribution in [2.75, 3.05) is 6.54 Å². The molecule has 3 aromatic rings. The first-order valence-electron chi connectivity index (χ1n) is 10.0. The fourth-order valence-electron chi connectivity index (χ4n) is 3.38. The van der Waals surface area contributed by atoms with Crippen LogP contribution in [-0.4, -0.2) is 34.2 Å². The summed E-state index contributed by atoms with van der Waals surface area (Å²) in [7, 11) is 0. The Kier molecular flexibility index (Phi) is 6.65. The van der Waals surface area contributed by atoms with Crippen LogP contribution in [0.25, 0.3) is 0 Å². The van der Waals surface area contributed by atoms with Crippen molar-refractivity contribution in [3.8, 4) is 0 Å². The Morgan fingerprint density at radius 3 is 2.30 bits per heavy atom. The van der Waals surface area contributed by atoms with Crippen LogP contribution < -0.4 is 0 Å². The van der Waals surface area contributed by atoms with E-state index in [1.165, 1.54) is 0 Å². The van der Waals surface area contributed by atoms with Crippen molar-refractivity contribution >= 4 is 39.1 Å². The Bertz CT molecular complexity index is 986. The zero-order valence-corrected chi connectivity index (χ0v) is 18.9. The monoisotopic (exact) mass is 482 g/mol. The van der Waals surface area contributed by atoms with Gasteiger partial charge in [-0.1, -0.05) is 52.3 Å². The highest BCUT2D eigenvalue weighted by Gasteiger charge is 2.35. The molecule has 0 unspecified atom stereocenters. The number of nitrogens with zero attached hydrogens (tertiary/aromatic N) is 2. The number of amides is 2. The van der Waals surface area contributed by atoms with E-state index in [0.717, 1.165) is 27.8 Å². The standard InChI is InChI=1S/C24H23BrN2O2S/c25-20-10-8-19(9-11-20)24(29)27(21-12-13-21)17-23(28)26(16-22-7-4-14-30-22)15-18-5-2-1-3-6-18/h1-11,14,21H,12-13,15-17H2. The quantitative estimate of drug-likeness (QED) is 0.434. The number of carbonyl (C=O) groups is 2. The van der Waals surface area contributed by atoms with Gasteiger partial charge < -0.3 is 9.80 Å². The van der Waals surface area contributed by atoms with Crippen molar-refractivity contribution in [3.05, 3.63) is 92.6 Å². The third kappa shape index (κ3) is 5.37. The Balaban J connectivity index is 1.51. The molecule has 1 saturated carbocycles. The molecule has 1 aromatic heterocycles.